The number of anilines is 1. The van der Waals surface area contributed by atoms with Crippen LogP contribution in [0, 0.1) is 23.1 Å². The molecule has 0 bridgehead atoms. The normalized spacial score (nSPS) is 17.6. The molecule has 0 spiro atoms. The molecule has 1 unspecified atom stereocenters. The lowest BCUT2D eigenvalue weighted by Gasteiger charge is -2.35. The lowest BCUT2D eigenvalue weighted by atomic mass is 9.74. The summed E-state index contributed by atoms with van der Waals surface area (Å²) in [5.74, 6) is -2.52. The highest BCUT2D eigenvalue weighted by Crippen LogP contribution is 2.42. The Morgan fingerprint density at radius 3 is 2.49 bits per heavy atom. The fourth-order valence-electron chi connectivity index (χ4n) is 4.11. The molecule has 2 N–H and O–H groups in total. The van der Waals surface area contributed by atoms with Crippen molar-refractivity contribution >= 4 is 17.5 Å². The second kappa shape index (κ2) is 11.2. The summed E-state index contributed by atoms with van der Waals surface area (Å²) in [7, 11) is 0. The first-order valence-corrected chi connectivity index (χ1v) is 11.9. The van der Waals surface area contributed by atoms with Gasteiger partial charge in [-0.15, -0.1) is 0 Å². The third-order valence-corrected chi connectivity index (χ3v) is 6.37. The summed E-state index contributed by atoms with van der Waals surface area (Å²) in [5, 5.41) is 24.8. The van der Waals surface area contributed by atoms with Crippen LogP contribution < -0.4 is 10.2 Å². The molecule has 13 heteroatoms. The molecule has 2 amide bonds. The Morgan fingerprint density at radius 2 is 1.92 bits per heavy atom. The lowest BCUT2D eigenvalue weighted by Crippen LogP contribution is -2.46. The highest BCUT2D eigenvalue weighted by atomic mass is 19.4. The van der Waals surface area contributed by atoms with Crippen LogP contribution in [0.3, 0.4) is 0 Å². The lowest BCUT2D eigenvalue weighted by molar-refractivity contribution is -0.137. The molecule has 3 aromatic rings. The zero-order valence-corrected chi connectivity index (χ0v) is 20.6. The molecule has 1 aliphatic carbocycles. The zero-order chi connectivity index (χ0) is 28.3. The number of aromatic nitrogens is 2. The molecule has 1 atom stereocenters. The molecule has 1 aromatic heterocycles. The van der Waals surface area contributed by atoms with Gasteiger partial charge in [0.25, 0.3) is 0 Å². The van der Waals surface area contributed by atoms with Crippen LogP contribution in [0.15, 0.2) is 47.0 Å². The van der Waals surface area contributed by atoms with Gasteiger partial charge in [-0.25, -0.2) is 4.39 Å². The van der Waals surface area contributed by atoms with Gasteiger partial charge < -0.3 is 14.9 Å². The Morgan fingerprint density at radius 1 is 1.23 bits per heavy atom. The van der Waals surface area contributed by atoms with Gasteiger partial charge in [0.15, 0.2) is 5.82 Å². The van der Waals surface area contributed by atoms with Crippen LogP contribution in [0.2, 0.25) is 0 Å². The van der Waals surface area contributed by atoms with Crippen molar-refractivity contribution < 1.29 is 36.8 Å². The number of carbonyl (C=O) groups is 2. The number of nitriles is 1. The number of hydrogen-bond donors (Lipinski definition) is 2. The van der Waals surface area contributed by atoms with Gasteiger partial charge in [0.2, 0.25) is 17.7 Å². The topological polar surface area (TPSA) is 132 Å². The molecule has 39 heavy (non-hydrogen) atoms. The van der Waals surface area contributed by atoms with Gasteiger partial charge in [-0.05, 0) is 55.7 Å². The fourth-order valence-corrected chi connectivity index (χ4v) is 4.11. The van der Waals surface area contributed by atoms with E-state index >= 15 is 0 Å². The van der Waals surface area contributed by atoms with Gasteiger partial charge in [-0.3, -0.25) is 14.5 Å². The molecular weight excluding hydrogens is 522 g/mol. The maximum absolute atomic E-state index is 14.9. The first kappa shape index (κ1) is 27.7. The standard InChI is InChI=1S/C26H23F4N5O4/c1-14(36)23-33-24(39-34-23)17-9-18(10-17)25(38)35(21-7-4-16(11-31)8-20(21)27)13-22(37)32-12-15-2-5-19(6-3-15)26(28,29)30/h2-8,14,17-18,36H,9-10,12-13H2,1H3,(H,32,37). The number of amides is 2. The maximum atomic E-state index is 14.9. The van der Waals surface area contributed by atoms with Gasteiger partial charge in [-0.2, -0.15) is 23.4 Å². The fraction of sp³-hybridized carbons (Fsp3) is 0.346. The monoisotopic (exact) mass is 545 g/mol. The van der Waals surface area contributed by atoms with Crippen LogP contribution in [0.5, 0.6) is 0 Å². The van der Waals surface area contributed by atoms with Crippen LogP contribution in [-0.2, 0) is 22.3 Å². The molecule has 2 aromatic carbocycles. The Balaban J connectivity index is 1.45. The smallest absolute Gasteiger partial charge is 0.385 e. The minimum absolute atomic E-state index is 0.0319. The molecule has 204 valence electrons. The number of hydrogen-bond acceptors (Lipinski definition) is 7. The predicted molar refractivity (Wildman–Crippen MR) is 127 cm³/mol. The Hall–Kier alpha value is -4.31. The van der Waals surface area contributed by atoms with E-state index in [9.17, 15) is 32.3 Å². The average molecular weight is 545 g/mol. The Kier molecular flexibility index (Phi) is 7.96. The van der Waals surface area contributed by atoms with E-state index in [0.717, 1.165) is 23.1 Å². The van der Waals surface area contributed by atoms with Gasteiger partial charge >= 0.3 is 6.18 Å². The van der Waals surface area contributed by atoms with Crippen LogP contribution in [0.4, 0.5) is 23.2 Å². The third-order valence-electron chi connectivity index (χ3n) is 6.37. The van der Waals surface area contributed by atoms with Crippen molar-refractivity contribution in [1.29, 1.82) is 5.26 Å². The molecule has 0 aliphatic heterocycles. The van der Waals surface area contributed by atoms with E-state index in [4.69, 9.17) is 9.78 Å². The molecule has 9 nitrogen and oxygen atoms in total. The summed E-state index contributed by atoms with van der Waals surface area (Å²) in [6.45, 7) is 0.813. The Bertz CT molecular complexity index is 1390. The van der Waals surface area contributed by atoms with E-state index in [1.807, 2.05) is 0 Å². The van der Waals surface area contributed by atoms with E-state index in [1.54, 1.807) is 6.07 Å². The number of carbonyl (C=O) groups excluding carboxylic acids is 2. The SMILES string of the molecule is CC(O)c1noc(C2CC(C(=O)N(CC(=O)NCc3ccc(C(F)(F)F)cc3)c3ccc(C#N)cc3F)C2)n1. The zero-order valence-electron chi connectivity index (χ0n) is 20.6. The van der Waals surface area contributed by atoms with E-state index in [2.05, 4.69) is 15.5 Å². The number of rotatable bonds is 8. The average Bonchev–Trinajstić information content (AvgIpc) is 3.35. The first-order valence-electron chi connectivity index (χ1n) is 11.9. The molecule has 0 saturated heterocycles. The summed E-state index contributed by atoms with van der Waals surface area (Å²) in [6, 6.07) is 9.54. The van der Waals surface area contributed by atoms with Crippen molar-refractivity contribution in [3.05, 3.63) is 76.7 Å². The van der Waals surface area contributed by atoms with E-state index < -0.39 is 47.9 Å². The van der Waals surface area contributed by atoms with Crippen LogP contribution >= 0.6 is 0 Å². The van der Waals surface area contributed by atoms with Gasteiger partial charge in [0.05, 0.1) is 22.9 Å². The molecule has 0 radical (unpaired) electrons. The second-order valence-electron chi connectivity index (χ2n) is 9.21. The predicted octanol–water partition coefficient (Wildman–Crippen LogP) is 4.00. The van der Waals surface area contributed by atoms with Gasteiger partial charge in [-0.1, -0.05) is 17.3 Å². The van der Waals surface area contributed by atoms with E-state index in [1.165, 1.54) is 31.2 Å². The largest absolute Gasteiger partial charge is 0.416 e. The summed E-state index contributed by atoms with van der Waals surface area (Å²) in [6.07, 6.45) is -4.82. The van der Waals surface area contributed by atoms with Gasteiger partial charge in [0.1, 0.15) is 18.5 Å². The van der Waals surface area contributed by atoms with Crippen molar-refractivity contribution in [3.63, 3.8) is 0 Å². The minimum Gasteiger partial charge on any atom is -0.385 e. The number of nitrogens with zero attached hydrogens (tertiary/aromatic N) is 4. The van der Waals surface area contributed by atoms with Crippen molar-refractivity contribution in [1.82, 2.24) is 15.5 Å². The quantitative estimate of drug-likeness (QED) is 0.409. The number of alkyl halides is 3. The second-order valence-corrected chi connectivity index (χ2v) is 9.21. The number of aliphatic hydroxyl groups excluding tert-OH is 1. The molecule has 1 heterocycles. The first-order chi connectivity index (χ1) is 18.5. The number of halogens is 4. The van der Waals surface area contributed by atoms with Crippen LogP contribution in [-0.4, -0.2) is 33.6 Å². The molecular formula is C26H23F4N5O4. The molecule has 1 aliphatic rings. The van der Waals surface area contributed by atoms with Crippen molar-refractivity contribution in [2.24, 2.45) is 5.92 Å². The van der Waals surface area contributed by atoms with Crippen molar-refractivity contribution in [2.45, 2.75) is 44.5 Å². The van der Waals surface area contributed by atoms with Crippen LogP contribution in [0.1, 0.15) is 60.2 Å². The summed E-state index contributed by atoms with van der Waals surface area (Å²) in [4.78, 5) is 31.2. The number of benzene rings is 2. The van der Waals surface area contributed by atoms with E-state index in [0.29, 0.717) is 18.4 Å². The van der Waals surface area contributed by atoms with Gasteiger partial charge in [0, 0.05) is 18.4 Å². The number of aliphatic hydroxyl groups is 1. The summed E-state index contributed by atoms with van der Waals surface area (Å²) in [5.41, 5.74) is -0.588. The highest BCUT2D eigenvalue weighted by Gasteiger charge is 2.41. The van der Waals surface area contributed by atoms with Crippen LogP contribution in [0.25, 0.3) is 0 Å². The van der Waals surface area contributed by atoms with Crippen molar-refractivity contribution in [2.75, 3.05) is 11.4 Å². The maximum Gasteiger partial charge on any atom is 0.416 e. The summed E-state index contributed by atoms with van der Waals surface area (Å²) < 4.78 is 58.3. The van der Waals surface area contributed by atoms with Crippen molar-refractivity contribution in [3.8, 4) is 6.07 Å². The van der Waals surface area contributed by atoms with E-state index in [-0.39, 0.29) is 35.4 Å². The molecule has 1 saturated carbocycles. The highest BCUT2D eigenvalue weighted by molar-refractivity contribution is 6.00. The molecule has 4 rings (SSSR count). The summed E-state index contributed by atoms with van der Waals surface area (Å²) >= 11 is 0. The number of nitrogens with one attached hydrogen (secondary N) is 1. The minimum atomic E-state index is -4.49. The third kappa shape index (κ3) is 6.40. The Labute approximate surface area is 220 Å². The molecule has 1 fully saturated rings.